The summed E-state index contributed by atoms with van der Waals surface area (Å²) in [6, 6.07) is 11.2. The lowest BCUT2D eigenvalue weighted by molar-refractivity contribution is -0.160. The highest BCUT2D eigenvalue weighted by molar-refractivity contribution is 7.10. The highest BCUT2D eigenvalue weighted by Gasteiger charge is 2.51. The summed E-state index contributed by atoms with van der Waals surface area (Å²) in [7, 11) is 2.38. The maximum absolute atomic E-state index is 15.9. The molecule has 0 bridgehead atoms. The molecule has 0 spiro atoms. The first-order chi connectivity index (χ1) is 23.4. The predicted molar refractivity (Wildman–Crippen MR) is 167 cm³/mol. The van der Waals surface area contributed by atoms with Crippen LogP contribution in [0.5, 0.6) is 5.75 Å². The van der Waals surface area contributed by atoms with Crippen LogP contribution < -0.4 is 10.1 Å². The lowest BCUT2D eigenvalue weighted by Crippen LogP contribution is -2.47. The molecule has 4 aromatic rings. The summed E-state index contributed by atoms with van der Waals surface area (Å²) in [5.41, 5.74) is -4.61. The molecule has 3 aromatic carbocycles. The summed E-state index contributed by atoms with van der Waals surface area (Å²) in [4.78, 5) is 63.6. The summed E-state index contributed by atoms with van der Waals surface area (Å²) in [5, 5.41) is 23.0. The van der Waals surface area contributed by atoms with E-state index in [2.05, 4.69) is 14.8 Å². The number of rotatable bonds is 10. The van der Waals surface area contributed by atoms with Crippen LogP contribution in [0.3, 0.4) is 0 Å². The van der Waals surface area contributed by atoms with Crippen LogP contribution in [0.25, 0.3) is 11.1 Å². The minimum absolute atomic E-state index is 0.144. The number of hydrogen-bond donors (Lipinski definition) is 3. The average molecular weight is 721 g/mol. The van der Waals surface area contributed by atoms with Crippen LogP contribution in [0.1, 0.15) is 36.7 Å². The van der Waals surface area contributed by atoms with E-state index in [1.165, 1.54) is 43.7 Å². The minimum atomic E-state index is -4.62. The maximum Gasteiger partial charge on any atom is 0.514 e. The van der Waals surface area contributed by atoms with Gasteiger partial charge in [0.1, 0.15) is 12.2 Å². The average Bonchev–Trinajstić information content (AvgIpc) is 3.57. The van der Waals surface area contributed by atoms with E-state index in [1.807, 2.05) is 0 Å². The standard InChI is InChI=1S/C33H25F5N2O9S/c1-16-6-11-19(20(13-16)17-7-9-18(10-8-17)33(36,37)38)27(41)39-22-14-21(34)26(25(35)24(22)28(42)40(2)3)49-31(47)48-15-32(29(43)44,30(45)46)23-5-4-12-50-23/h4-14H,15H2,1-3H3,(H,39,41)(H,43,44)(H,45,46). The molecule has 3 N–H and O–H groups in total. The predicted octanol–water partition coefficient (Wildman–Crippen LogP) is 6.60. The molecule has 4 rings (SSSR count). The van der Waals surface area contributed by atoms with Gasteiger partial charge in [0.2, 0.25) is 11.2 Å². The van der Waals surface area contributed by atoms with E-state index in [9.17, 15) is 47.4 Å². The summed E-state index contributed by atoms with van der Waals surface area (Å²) >= 11 is 0.730. The Balaban J connectivity index is 1.68. The van der Waals surface area contributed by atoms with Crippen molar-refractivity contribution in [2.24, 2.45) is 0 Å². The van der Waals surface area contributed by atoms with E-state index in [-0.39, 0.29) is 21.6 Å². The van der Waals surface area contributed by atoms with Gasteiger partial charge in [-0.3, -0.25) is 19.2 Å². The second-order valence-electron chi connectivity index (χ2n) is 10.8. The number of aryl methyl sites for hydroxylation is 1. The Morgan fingerprint density at radius 1 is 0.920 bits per heavy atom. The van der Waals surface area contributed by atoms with Gasteiger partial charge in [-0.15, -0.1) is 11.3 Å². The van der Waals surface area contributed by atoms with E-state index in [4.69, 9.17) is 0 Å². The molecule has 0 aliphatic heterocycles. The van der Waals surface area contributed by atoms with Gasteiger partial charge in [-0.1, -0.05) is 35.9 Å². The summed E-state index contributed by atoms with van der Waals surface area (Å²) < 4.78 is 79.9. The monoisotopic (exact) mass is 720 g/mol. The number of halogens is 5. The molecule has 50 heavy (non-hydrogen) atoms. The van der Waals surface area contributed by atoms with Crippen molar-refractivity contribution in [3.8, 4) is 16.9 Å². The second-order valence-corrected chi connectivity index (χ2v) is 11.8. The third-order valence-corrected chi connectivity index (χ3v) is 8.28. The highest BCUT2D eigenvalue weighted by Crippen LogP contribution is 2.36. The van der Waals surface area contributed by atoms with Crippen molar-refractivity contribution >= 4 is 46.9 Å². The molecule has 0 aliphatic rings. The zero-order chi connectivity index (χ0) is 37.1. The molecule has 1 aromatic heterocycles. The molecule has 0 saturated heterocycles. The van der Waals surface area contributed by atoms with Crippen molar-refractivity contribution < 1.29 is 65.6 Å². The Labute approximate surface area is 283 Å². The Morgan fingerprint density at radius 2 is 1.56 bits per heavy atom. The molecular formula is C33H25F5N2O9S. The van der Waals surface area contributed by atoms with Crippen LogP contribution in [0.15, 0.2) is 66.0 Å². The van der Waals surface area contributed by atoms with Crippen molar-refractivity contribution in [3.63, 3.8) is 0 Å². The van der Waals surface area contributed by atoms with E-state index in [0.717, 1.165) is 46.6 Å². The number of amides is 2. The van der Waals surface area contributed by atoms with Gasteiger partial charge in [-0.2, -0.15) is 13.2 Å². The van der Waals surface area contributed by atoms with Crippen molar-refractivity contribution in [1.29, 1.82) is 0 Å². The highest BCUT2D eigenvalue weighted by atomic mass is 32.1. The van der Waals surface area contributed by atoms with Gasteiger partial charge >= 0.3 is 24.3 Å². The molecule has 1 heterocycles. The quantitative estimate of drug-likeness (QED) is 0.0711. The fourth-order valence-electron chi connectivity index (χ4n) is 4.65. The fraction of sp³-hybridized carbons (Fsp3) is 0.182. The Bertz CT molecular complexity index is 1960. The van der Waals surface area contributed by atoms with Crippen LogP contribution in [-0.2, 0) is 25.9 Å². The molecule has 0 fully saturated rings. The zero-order valence-electron chi connectivity index (χ0n) is 26.1. The number of carbonyl (C=O) groups is 5. The SMILES string of the molecule is Cc1ccc(C(=O)Nc2cc(F)c(OC(=O)OCC(C(=O)O)(C(=O)O)c3cccs3)c(F)c2C(=O)N(C)C)c(-c2ccc(C(F)(F)F)cc2)c1. The first kappa shape index (κ1) is 37.0. The molecule has 0 unspecified atom stereocenters. The zero-order valence-corrected chi connectivity index (χ0v) is 26.9. The molecule has 0 atom stereocenters. The first-order valence-corrected chi connectivity index (χ1v) is 14.9. The van der Waals surface area contributed by atoms with Crippen LogP contribution in [0, 0.1) is 18.6 Å². The van der Waals surface area contributed by atoms with Gasteiger partial charge in [0.15, 0.2) is 11.6 Å². The van der Waals surface area contributed by atoms with Gasteiger partial charge in [0.05, 0.1) is 11.3 Å². The fourth-order valence-corrected chi connectivity index (χ4v) is 5.54. The van der Waals surface area contributed by atoms with Crippen LogP contribution >= 0.6 is 11.3 Å². The Kier molecular flexibility index (Phi) is 10.6. The number of alkyl halides is 3. The van der Waals surface area contributed by atoms with Crippen LogP contribution in [-0.4, -0.2) is 65.7 Å². The Morgan fingerprint density at radius 3 is 2.10 bits per heavy atom. The normalized spacial score (nSPS) is 11.4. The van der Waals surface area contributed by atoms with Crippen LogP contribution in [0.2, 0.25) is 0 Å². The van der Waals surface area contributed by atoms with Crippen molar-refractivity contribution in [2.45, 2.75) is 18.5 Å². The number of ether oxygens (including phenoxy) is 2. The molecular weight excluding hydrogens is 695 g/mol. The van der Waals surface area contributed by atoms with Gasteiger partial charge in [0.25, 0.3) is 11.8 Å². The number of carbonyl (C=O) groups excluding carboxylic acids is 3. The number of thiophene rings is 1. The van der Waals surface area contributed by atoms with Crippen LogP contribution in [0.4, 0.5) is 32.4 Å². The summed E-state index contributed by atoms with van der Waals surface area (Å²) in [6.45, 7) is 0.304. The molecule has 11 nitrogen and oxygen atoms in total. The number of nitrogens with zero attached hydrogens (tertiary/aromatic N) is 1. The number of nitrogens with one attached hydrogen (secondary N) is 1. The van der Waals surface area contributed by atoms with Gasteiger partial charge in [0, 0.05) is 30.6 Å². The molecule has 0 saturated carbocycles. The Hall–Kier alpha value is -5.84. The van der Waals surface area contributed by atoms with Gasteiger partial charge in [-0.05, 0) is 47.7 Å². The first-order valence-electron chi connectivity index (χ1n) is 14.1. The van der Waals surface area contributed by atoms with Crippen molar-refractivity contribution in [2.75, 3.05) is 26.0 Å². The lowest BCUT2D eigenvalue weighted by atomic mass is 9.87. The molecule has 0 radical (unpaired) electrons. The molecule has 262 valence electrons. The molecule has 2 amide bonds. The number of hydrogen-bond acceptors (Lipinski definition) is 8. The topological polar surface area (TPSA) is 160 Å². The maximum atomic E-state index is 15.9. The number of anilines is 1. The van der Waals surface area contributed by atoms with E-state index < -0.39 is 82.3 Å². The second kappa shape index (κ2) is 14.3. The van der Waals surface area contributed by atoms with Gasteiger partial charge < -0.3 is 29.9 Å². The van der Waals surface area contributed by atoms with E-state index in [1.54, 1.807) is 6.92 Å². The number of carboxylic acid groups (broad SMARTS) is 2. The molecule has 0 aliphatic carbocycles. The van der Waals surface area contributed by atoms with Crippen molar-refractivity contribution in [1.82, 2.24) is 4.90 Å². The number of benzene rings is 3. The lowest BCUT2D eigenvalue weighted by Gasteiger charge is -2.23. The summed E-state index contributed by atoms with van der Waals surface area (Å²) in [6.07, 6.45) is -6.54. The molecule has 17 heteroatoms. The third-order valence-electron chi connectivity index (χ3n) is 7.25. The number of aliphatic carboxylic acids is 2. The van der Waals surface area contributed by atoms with E-state index >= 15 is 8.78 Å². The minimum Gasteiger partial charge on any atom is -0.480 e. The van der Waals surface area contributed by atoms with Gasteiger partial charge in [-0.25, -0.2) is 13.6 Å². The summed E-state index contributed by atoms with van der Waals surface area (Å²) in [5.74, 6) is -10.9. The smallest absolute Gasteiger partial charge is 0.480 e. The third kappa shape index (κ3) is 7.41. The number of carboxylic acids is 2. The van der Waals surface area contributed by atoms with E-state index in [0.29, 0.717) is 11.6 Å². The van der Waals surface area contributed by atoms with Crippen molar-refractivity contribution in [3.05, 3.63) is 105 Å². The largest absolute Gasteiger partial charge is 0.514 e.